The third kappa shape index (κ3) is 6.26. The Bertz CT molecular complexity index is 1380. The van der Waals surface area contributed by atoms with Gasteiger partial charge in [-0.3, -0.25) is 4.79 Å². The fraction of sp³-hybridized carbons (Fsp3) is 0.292. The van der Waals surface area contributed by atoms with Crippen LogP contribution in [0.2, 0.25) is 0 Å². The normalized spacial score (nSPS) is 15.1. The summed E-state index contributed by atoms with van der Waals surface area (Å²) in [6, 6.07) is 6.77. The zero-order chi connectivity index (χ0) is 27.4. The number of rotatable bonds is 8. The number of nitrogens with zero attached hydrogens (tertiary/aromatic N) is 4. The van der Waals surface area contributed by atoms with Crippen LogP contribution in [-0.4, -0.2) is 75.5 Å². The summed E-state index contributed by atoms with van der Waals surface area (Å²) in [6.07, 6.45) is 1.32. The van der Waals surface area contributed by atoms with E-state index in [1.165, 1.54) is 0 Å². The van der Waals surface area contributed by atoms with Gasteiger partial charge in [0.1, 0.15) is 12.6 Å². The number of alkyl halides is 3. The zero-order valence-corrected chi connectivity index (χ0v) is 20.3. The molecule has 200 valence electrons. The van der Waals surface area contributed by atoms with Crippen LogP contribution >= 0.6 is 0 Å². The van der Waals surface area contributed by atoms with Gasteiger partial charge in [-0.1, -0.05) is 12.1 Å². The van der Waals surface area contributed by atoms with Gasteiger partial charge in [0.15, 0.2) is 5.65 Å². The summed E-state index contributed by atoms with van der Waals surface area (Å²) in [5, 5.41) is 19.4. The maximum atomic E-state index is 12.4. The summed E-state index contributed by atoms with van der Waals surface area (Å²) in [4.78, 5) is 30.2. The molecule has 0 radical (unpaired) electrons. The number of allylic oxidation sites excluding steroid dienone is 1. The van der Waals surface area contributed by atoms with E-state index in [0.29, 0.717) is 41.1 Å². The number of anilines is 1. The molecule has 3 heterocycles. The number of fused-ring (bicyclic) bond motifs is 1. The van der Waals surface area contributed by atoms with Crippen LogP contribution < -0.4 is 21.7 Å². The molecule has 3 amide bonds. The van der Waals surface area contributed by atoms with Crippen LogP contribution in [-0.2, 0) is 4.79 Å². The van der Waals surface area contributed by atoms with Crippen molar-refractivity contribution >= 4 is 35.1 Å². The van der Waals surface area contributed by atoms with Gasteiger partial charge in [0.25, 0.3) is 0 Å². The van der Waals surface area contributed by atoms with Gasteiger partial charge < -0.3 is 32.0 Å². The molecule has 1 unspecified atom stereocenters. The molecule has 38 heavy (non-hydrogen) atoms. The van der Waals surface area contributed by atoms with Gasteiger partial charge in [-0.2, -0.15) is 18.3 Å². The maximum Gasteiger partial charge on any atom is 0.405 e. The molecule has 11 nitrogen and oxygen atoms in total. The minimum absolute atomic E-state index is 0.0116. The van der Waals surface area contributed by atoms with Crippen molar-refractivity contribution in [1.29, 1.82) is 5.41 Å². The highest BCUT2D eigenvalue weighted by atomic mass is 19.4. The Morgan fingerprint density at radius 1 is 1.26 bits per heavy atom. The number of hydrogen-bond donors (Lipinski definition) is 5. The van der Waals surface area contributed by atoms with Gasteiger partial charge >= 0.3 is 12.2 Å². The van der Waals surface area contributed by atoms with Crippen molar-refractivity contribution < 1.29 is 22.8 Å². The predicted octanol–water partition coefficient (Wildman–Crippen LogP) is 2.22. The number of amides is 3. The van der Waals surface area contributed by atoms with Gasteiger partial charge in [0.05, 0.1) is 18.1 Å². The Hall–Kier alpha value is -4.46. The number of nitrogens with two attached hydrogens (primary N) is 1. The van der Waals surface area contributed by atoms with E-state index in [4.69, 9.17) is 11.1 Å². The van der Waals surface area contributed by atoms with E-state index < -0.39 is 24.8 Å². The molecule has 3 aromatic rings. The number of halogens is 3. The Kier molecular flexibility index (Phi) is 7.62. The molecule has 1 fully saturated rings. The molecule has 0 saturated carbocycles. The van der Waals surface area contributed by atoms with E-state index in [-0.39, 0.29) is 17.6 Å². The highest BCUT2D eigenvalue weighted by Crippen LogP contribution is 2.24. The van der Waals surface area contributed by atoms with Crippen molar-refractivity contribution in [2.45, 2.75) is 25.2 Å². The van der Waals surface area contributed by atoms with Gasteiger partial charge in [0, 0.05) is 53.9 Å². The minimum Gasteiger partial charge on any atom is -0.379 e. The number of aromatic nitrogens is 3. The number of hydrogen-bond acceptors (Lipinski definition) is 7. The Morgan fingerprint density at radius 2 is 2.03 bits per heavy atom. The van der Waals surface area contributed by atoms with Crippen LogP contribution in [0.1, 0.15) is 12.5 Å². The summed E-state index contributed by atoms with van der Waals surface area (Å²) < 4.78 is 38.5. The van der Waals surface area contributed by atoms with Gasteiger partial charge in [0.2, 0.25) is 5.91 Å². The molecular weight excluding hydrogens is 503 g/mol. The van der Waals surface area contributed by atoms with Crippen molar-refractivity contribution in [2.24, 2.45) is 5.73 Å². The van der Waals surface area contributed by atoms with E-state index in [0.717, 1.165) is 6.21 Å². The minimum atomic E-state index is -4.51. The van der Waals surface area contributed by atoms with Crippen molar-refractivity contribution in [3.8, 4) is 11.3 Å². The second kappa shape index (κ2) is 10.9. The van der Waals surface area contributed by atoms with Crippen LogP contribution in [0.5, 0.6) is 0 Å². The molecule has 0 spiro atoms. The van der Waals surface area contributed by atoms with Crippen molar-refractivity contribution in [3.63, 3.8) is 0 Å². The van der Waals surface area contributed by atoms with E-state index in [9.17, 15) is 22.8 Å². The van der Waals surface area contributed by atoms with Gasteiger partial charge in [-0.15, -0.1) is 0 Å². The predicted molar refractivity (Wildman–Crippen MR) is 135 cm³/mol. The lowest BCUT2D eigenvalue weighted by atomic mass is 10.1. The topological polar surface area (TPSA) is 154 Å². The average Bonchev–Trinajstić information content (AvgIpc) is 3.28. The monoisotopic (exact) mass is 529 g/mol. The molecule has 0 bridgehead atoms. The standard InChI is InChI=1S/C24H26F3N9O2/c1-14(22(37)35-11-18(29)12-35)30-8-17(7-28)16-6-21-31-10-20(36(21)33-9-16)15-3-2-4-19(5-15)34-23(38)32-13-24(25,26)27/h2-10,14,18,28,30H,11-13,29H2,1H3,(H2,32,34,38)/b17-8+,28-7?. The number of imidazole rings is 1. The molecule has 1 aliphatic heterocycles. The van der Waals surface area contributed by atoms with Gasteiger partial charge in [-0.25, -0.2) is 14.3 Å². The average molecular weight is 530 g/mol. The molecule has 1 aliphatic rings. The number of nitrogens with one attached hydrogen (secondary N) is 4. The third-order valence-electron chi connectivity index (χ3n) is 5.80. The second-order valence-corrected chi connectivity index (χ2v) is 8.80. The first-order valence-corrected chi connectivity index (χ1v) is 11.6. The van der Waals surface area contributed by atoms with E-state index in [1.54, 1.807) is 70.6 Å². The van der Waals surface area contributed by atoms with Crippen LogP contribution in [0.3, 0.4) is 0 Å². The maximum absolute atomic E-state index is 12.4. The smallest absolute Gasteiger partial charge is 0.379 e. The Morgan fingerprint density at radius 3 is 2.71 bits per heavy atom. The molecule has 1 saturated heterocycles. The zero-order valence-electron chi connectivity index (χ0n) is 20.3. The van der Waals surface area contributed by atoms with Crippen LogP contribution in [0.25, 0.3) is 22.5 Å². The lowest BCUT2D eigenvalue weighted by molar-refractivity contribution is -0.137. The quantitative estimate of drug-likeness (QED) is 0.282. The summed E-state index contributed by atoms with van der Waals surface area (Å²) in [5.41, 5.74) is 8.79. The fourth-order valence-corrected chi connectivity index (χ4v) is 3.80. The highest BCUT2D eigenvalue weighted by molar-refractivity contribution is 6.08. The van der Waals surface area contributed by atoms with Gasteiger partial charge in [-0.05, 0) is 25.1 Å². The largest absolute Gasteiger partial charge is 0.405 e. The second-order valence-electron chi connectivity index (χ2n) is 8.80. The number of benzene rings is 1. The lowest BCUT2D eigenvalue weighted by Gasteiger charge is -2.38. The molecule has 1 atom stereocenters. The number of carbonyl (C=O) groups excluding carboxylic acids is 2. The summed E-state index contributed by atoms with van der Waals surface area (Å²) >= 11 is 0. The molecule has 4 rings (SSSR count). The van der Waals surface area contributed by atoms with Crippen molar-refractivity contribution in [1.82, 2.24) is 30.1 Å². The Labute approximate surface area is 215 Å². The first-order chi connectivity index (χ1) is 18.0. The third-order valence-corrected chi connectivity index (χ3v) is 5.80. The molecule has 14 heteroatoms. The lowest BCUT2D eigenvalue weighted by Crippen LogP contribution is -2.60. The molecule has 2 aromatic heterocycles. The van der Waals surface area contributed by atoms with E-state index >= 15 is 0 Å². The summed E-state index contributed by atoms with van der Waals surface area (Å²) in [5.74, 6) is -0.0756. The number of urea groups is 1. The van der Waals surface area contributed by atoms with Crippen LogP contribution in [0.15, 0.2) is 48.9 Å². The molecular formula is C24H26F3N9O2. The van der Waals surface area contributed by atoms with E-state index in [1.807, 2.05) is 0 Å². The summed E-state index contributed by atoms with van der Waals surface area (Å²) in [6.45, 7) is 1.34. The Balaban J connectivity index is 1.48. The van der Waals surface area contributed by atoms with E-state index in [2.05, 4.69) is 20.7 Å². The van der Waals surface area contributed by atoms with Crippen LogP contribution in [0.4, 0.5) is 23.7 Å². The SMILES string of the molecule is CC(N/C=C(\C=N)c1cnn2c(-c3cccc(NC(=O)NCC(F)(F)F)c3)cnc2c1)C(=O)N1CC(N)C1. The molecule has 1 aromatic carbocycles. The molecule has 6 N–H and O–H groups in total. The first kappa shape index (κ1) is 26.6. The number of likely N-dealkylation sites (tertiary alicyclic amines) is 1. The fourth-order valence-electron chi connectivity index (χ4n) is 3.80. The van der Waals surface area contributed by atoms with Crippen LogP contribution in [0, 0.1) is 5.41 Å². The molecule has 0 aliphatic carbocycles. The summed E-state index contributed by atoms with van der Waals surface area (Å²) in [7, 11) is 0. The highest BCUT2D eigenvalue weighted by Gasteiger charge is 2.30. The van der Waals surface area contributed by atoms with Crippen molar-refractivity contribution in [3.05, 3.63) is 54.5 Å². The number of carbonyl (C=O) groups is 2. The first-order valence-electron chi connectivity index (χ1n) is 11.6. The van der Waals surface area contributed by atoms with Crippen molar-refractivity contribution in [2.75, 3.05) is 25.0 Å².